The molecule has 6 heteroatoms. The molecule has 0 aromatic heterocycles. The first-order valence-corrected chi connectivity index (χ1v) is 7.55. The van der Waals surface area contributed by atoms with E-state index in [9.17, 15) is 9.59 Å². The summed E-state index contributed by atoms with van der Waals surface area (Å²) in [7, 11) is 1.35. The van der Waals surface area contributed by atoms with Gasteiger partial charge in [-0.25, -0.2) is 4.79 Å². The van der Waals surface area contributed by atoms with Gasteiger partial charge < -0.3 is 9.64 Å². The molecule has 1 saturated heterocycles. The second-order valence-corrected chi connectivity index (χ2v) is 5.95. The van der Waals surface area contributed by atoms with Crippen LogP contribution >= 0.6 is 27.5 Å². The van der Waals surface area contributed by atoms with Gasteiger partial charge in [-0.3, -0.25) is 4.79 Å². The van der Waals surface area contributed by atoms with Crippen LogP contribution in [0.1, 0.15) is 29.6 Å². The first kappa shape index (κ1) is 15.3. The van der Waals surface area contributed by atoms with Crippen LogP contribution in [0.25, 0.3) is 0 Å². The smallest absolute Gasteiger partial charge is 0.328 e. The van der Waals surface area contributed by atoms with Crippen molar-refractivity contribution >= 4 is 39.4 Å². The summed E-state index contributed by atoms with van der Waals surface area (Å²) in [6.45, 7) is 0.563. The second kappa shape index (κ2) is 6.59. The number of carbonyl (C=O) groups is 2. The molecule has 1 aromatic rings. The van der Waals surface area contributed by atoms with Crippen molar-refractivity contribution in [1.29, 1.82) is 0 Å². The Kier molecular flexibility index (Phi) is 5.05. The normalized spacial score (nSPS) is 18.8. The van der Waals surface area contributed by atoms with Crippen molar-refractivity contribution in [3.63, 3.8) is 0 Å². The third-order valence-corrected chi connectivity index (χ3v) is 4.29. The number of esters is 1. The number of hydrogen-bond acceptors (Lipinski definition) is 3. The molecule has 0 spiro atoms. The lowest BCUT2D eigenvalue weighted by Crippen LogP contribution is -2.48. The first-order chi connectivity index (χ1) is 9.54. The summed E-state index contributed by atoms with van der Waals surface area (Å²) in [4.78, 5) is 26.0. The van der Waals surface area contributed by atoms with Crippen molar-refractivity contribution in [2.24, 2.45) is 0 Å². The van der Waals surface area contributed by atoms with Crippen molar-refractivity contribution in [2.75, 3.05) is 13.7 Å². The van der Waals surface area contributed by atoms with Crippen LogP contribution in [0, 0.1) is 0 Å². The Balaban J connectivity index is 2.27. The lowest BCUT2D eigenvalue weighted by molar-refractivity contribution is -0.147. The third-order valence-electron chi connectivity index (χ3n) is 3.40. The monoisotopic (exact) mass is 359 g/mol. The van der Waals surface area contributed by atoms with E-state index in [1.807, 2.05) is 0 Å². The van der Waals surface area contributed by atoms with E-state index in [-0.39, 0.29) is 11.9 Å². The number of piperidine rings is 1. The molecule has 0 saturated carbocycles. The number of carbonyl (C=O) groups excluding carboxylic acids is 2. The van der Waals surface area contributed by atoms with Crippen LogP contribution in [0.2, 0.25) is 5.02 Å². The standard InChI is InChI=1S/C14H15BrClNO3/c1-20-14(19)12-4-2-3-7-17(12)13(18)10-6-5-9(16)8-11(10)15/h5-6,8,12H,2-4,7H2,1H3/t12-/m1/s1. The first-order valence-electron chi connectivity index (χ1n) is 6.38. The van der Waals surface area contributed by atoms with E-state index in [0.717, 1.165) is 12.8 Å². The molecular formula is C14H15BrClNO3. The van der Waals surface area contributed by atoms with Gasteiger partial charge in [0.15, 0.2) is 0 Å². The molecule has 0 aliphatic carbocycles. The van der Waals surface area contributed by atoms with Crippen molar-refractivity contribution in [3.8, 4) is 0 Å². The van der Waals surface area contributed by atoms with Crippen LogP contribution in [0.4, 0.5) is 0 Å². The van der Waals surface area contributed by atoms with E-state index >= 15 is 0 Å². The van der Waals surface area contributed by atoms with Crippen LogP contribution in [-0.4, -0.2) is 36.5 Å². The Bertz CT molecular complexity index is 535. The Morgan fingerprint density at radius 3 is 2.80 bits per heavy atom. The quantitative estimate of drug-likeness (QED) is 0.761. The molecule has 20 heavy (non-hydrogen) atoms. The molecule has 2 rings (SSSR count). The largest absolute Gasteiger partial charge is 0.467 e. The Morgan fingerprint density at radius 1 is 1.40 bits per heavy atom. The van der Waals surface area contributed by atoms with Crippen molar-refractivity contribution in [1.82, 2.24) is 4.90 Å². The molecule has 108 valence electrons. The molecule has 1 atom stereocenters. The zero-order chi connectivity index (χ0) is 14.7. The SMILES string of the molecule is COC(=O)[C@H]1CCCCN1C(=O)c1ccc(Cl)cc1Br. The van der Waals surface area contributed by atoms with Gasteiger partial charge in [0.2, 0.25) is 0 Å². The summed E-state index contributed by atoms with van der Waals surface area (Å²) in [6.07, 6.45) is 2.46. The predicted octanol–water partition coefficient (Wildman–Crippen LogP) is 3.27. The fourth-order valence-electron chi connectivity index (χ4n) is 2.37. The van der Waals surface area contributed by atoms with E-state index < -0.39 is 6.04 Å². The highest BCUT2D eigenvalue weighted by Crippen LogP contribution is 2.26. The molecular weight excluding hydrogens is 346 g/mol. The number of benzene rings is 1. The van der Waals surface area contributed by atoms with E-state index in [1.165, 1.54) is 7.11 Å². The molecule has 0 unspecified atom stereocenters. The average molecular weight is 361 g/mol. The van der Waals surface area contributed by atoms with Crippen LogP contribution in [0.15, 0.2) is 22.7 Å². The number of likely N-dealkylation sites (tertiary alicyclic amines) is 1. The van der Waals surface area contributed by atoms with Crippen LogP contribution in [0.5, 0.6) is 0 Å². The Labute approximate surface area is 131 Å². The number of amides is 1. The number of methoxy groups -OCH3 is 1. The van der Waals surface area contributed by atoms with Gasteiger partial charge in [0.05, 0.1) is 12.7 Å². The number of halogens is 2. The fraction of sp³-hybridized carbons (Fsp3) is 0.429. The number of hydrogen-bond donors (Lipinski definition) is 0. The minimum Gasteiger partial charge on any atom is -0.467 e. The Morgan fingerprint density at radius 2 is 2.15 bits per heavy atom. The number of nitrogens with zero attached hydrogens (tertiary/aromatic N) is 1. The third kappa shape index (κ3) is 3.15. The summed E-state index contributed by atoms with van der Waals surface area (Å²) in [5, 5.41) is 0.552. The molecule has 0 bridgehead atoms. The van der Waals surface area contributed by atoms with E-state index in [0.29, 0.717) is 28.0 Å². The fourth-order valence-corrected chi connectivity index (χ4v) is 3.23. The lowest BCUT2D eigenvalue weighted by atomic mass is 10.0. The van der Waals surface area contributed by atoms with Gasteiger partial charge in [-0.05, 0) is 53.4 Å². The maximum Gasteiger partial charge on any atom is 0.328 e. The van der Waals surface area contributed by atoms with Gasteiger partial charge in [0.1, 0.15) is 6.04 Å². The van der Waals surface area contributed by atoms with Gasteiger partial charge in [-0.15, -0.1) is 0 Å². The maximum atomic E-state index is 12.6. The summed E-state index contributed by atoms with van der Waals surface area (Å²) in [6, 6.07) is 4.50. The van der Waals surface area contributed by atoms with Gasteiger partial charge in [0.25, 0.3) is 5.91 Å². The molecule has 0 N–H and O–H groups in total. The van der Waals surface area contributed by atoms with Gasteiger partial charge in [0, 0.05) is 16.0 Å². The molecule has 0 radical (unpaired) electrons. The van der Waals surface area contributed by atoms with E-state index in [2.05, 4.69) is 15.9 Å². The lowest BCUT2D eigenvalue weighted by Gasteiger charge is -2.34. The van der Waals surface area contributed by atoms with Crippen LogP contribution in [-0.2, 0) is 9.53 Å². The van der Waals surface area contributed by atoms with Crippen molar-refractivity contribution in [2.45, 2.75) is 25.3 Å². The molecule has 1 aliphatic rings. The van der Waals surface area contributed by atoms with Gasteiger partial charge >= 0.3 is 5.97 Å². The highest BCUT2D eigenvalue weighted by Gasteiger charge is 2.33. The average Bonchev–Trinajstić information content (AvgIpc) is 2.46. The molecule has 4 nitrogen and oxygen atoms in total. The number of ether oxygens (including phenoxy) is 1. The van der Waals surface area contributed by atoms with Crippen LogP contribution in [0.3, 0.4) is 0 Å². The summed E-state index contributed by atoms with van der Waals surface area (Å²) >= 11 is 9.22. The zero-order valence-electron chi connectivity index (χ0n) is 11.1. The minimum atomic E-state index is -0.496. The molecule has 1 fully saturated rings. The molecule has 1 aromatic carbocycles. The topological polar surface area (TPSA) is 46.6 Å². The molecule has 1 heterocycles. The summed E-state index contributed by atoms with van der Waals surface area (Å²) in [5.41, 5.74) is 0.505. The summed E-state index contributed by atoms with van der Waals surface area (Å²) in [5.74, 6) is -0.535. The van der Waals surface area contributed by atoms with E-state index in [4.69, 9.17) is 16.3 Å². The molecule has 1 amide bonds. The minimum absolute atomic E-state index is 0.177. The highest BCUT2D eigenvalue weighted by atomic mass is 79.9. The van der Waals surface area contributed by atoms with Crippen LogP contribution < -0.4 is 0 Å². The number of rotatable bonds is 2. The Hall–Kier alpha value is -1.07. The maximum absolute atomic E-state index is 12.6. The van der Waals surface area contributed by atoms with E-state index in [1.54, 1.807) is 23.1 Å². The van der Waals surface area contributed by atoms with Gasteiger partial charge in [-0.2, -0.15) is 0 Å². The predicted molar refractivity (Wildman–Crippen MR) is 79.8 cm³/mol. The second-order valence-electron chi connectivity index (χ2n) is 4.66. The van der Waals surface area contributed by atoms with Gasteiger partial charge in [-0.1, -0.05) is 11.6 Å². The summed E-state index contributed by atoms with van der Waals surface area (Å²) < 4.78 is 5.42. The zero-order valence-corrected chi connectivity index (χ0v) is 13.4. The van der Waals surface area contributed by atoms with Crippen molar-refractivity contribution < 1.29 is 14.3 Å². The van der Waals surface area contributed by atoms with Crippen molar-refractivity contribution in [3.05, 3.63) is 33.3 Å². The molecule has 1 aliphatic heterocycles. The highest BCUT2D eigenvalue weighted by molar-refractivity contribution is 9.10.